The van der Waals surface area contributed by atoms with Gasteiger partial charge in [-0.15, -0.1) is 0 Å². The van der Waals surface area contributed by atoms with Gasteiger partial charge in [0.1, 0.15) is 30.5 Å². The Morgan fingerprint density at radius 2 is 1.92 bits per heavy atom. The number of benzene rings is 1. The largest absolute Gasteiger partial charge is 0.489 e. The molecule has 5 rings (SSSR count). The molecule has 4 atom stereocenters. The molecular formula is C31H37NO6. The molecule has 2 aromatic rings. The van der Waals surface area contributed by atoms with Crippen LogP contribution in [0.1, 0.15) is 57.5 Å². The molecule has 2 saturated heterocycles. The summed E-state index contributed by atoms with van der Waals surface area (Å²) in [7, 11) is 0. The Kier molecular flexibility index (Phi) is 8.15. The fourth-order valence-electron chi connectivity index (χ4n) is 6.23. The van der Waals surface area contributed by atoms with E-state index in [9.17, 15) is 14.7 Å². The highest BCUT2D eigenvalue weighted by Gasteiger charge is 2.56. The molecule has 0 saturated carbocycles. The van der Waals surface area contributed by atoms with Crippen LogP contribution in [0.15, 0.2) is 63.6 Å². The molecule has 7 heteroatoms. The zero-order chi connectivity index (χ0) is 26.6. The van der Waals surface area contributed by atoms with Gasteiger partial charge >= 0.3 is 0 Å². The predicted octanol–water partition coefficient (Wildman–Crippen LogP) is 5.15. The second kappa shape index (κ2) is 11.7. The van der Waals surface area contributed by atoms with Crippen LogP contribution in [0.3, 0.4) is 0 Å². The van der Waals surface area contributed by atoms with Crippen LogP contribution < -0.4 is 4.74 Å². The third-order valence-corrected chi connectivity index (χ3v) is 8.07. The molecule has 1 aromatic heterocycles. The first-order valence-corrected chi connectivity index (χ1v) is 13.8. The number of imide groups is 1. The Morgan fingerprint density at radius 1 is 1.11 bits per heavy atom. The molecule has 2 fully saturated rings. The van der Waals surface area contributed by atoms with E-state index in [1.165, 1.54) is 10.5 Å². The zero-order valence-electron chi connectivity index (χ0n) is 22.2. The van der Waals surface area contributed by atoms with E-state index in [-0.39, 0.29) is 42.3 Å². The average Bonchev–Trinajstić information content (AvgIpc) is 3.64. The number of likely N-dealkylation sites (tertiary alicyclic amines) is 1. The Morgan fingerprint density at radius 3 is 2.63 bits per heavy atom. The van der Waals surface area contributed by atoms with Crippen LogP contribution in [-0.4, -0.2) is 47.7 Å². The Bertz CT molecular complexity index is 1210. The highest BCUT2D eigenvalue weighted by Crippen LogP contribution is 2.50. The van der Waals surface area contributed by atoms with Gasteiger partial charge in [-0.25, -0.2) is 0 Å². The minimum absolute atomic E-state index is 0.0386. The van der Waals surface area contributed by atoms with E-state index in [4.69, 9.17) is 13.9 Å². The molecule has 0 bridgehead atoms. The fraction of sp³-hybridized carbons (Fsp3) is 0.484. The van der Waals surface area contributed by atoms with Crippen molar-refractivity contribution in [3.63, 3.8) is 0 Å². The van der Waals surface area contributed by atoms with Crippen molar-refractivity contribution in [1.82, 2.24) is 4.90 Å². The fourth-order valence-corrected chi connectivity index (χ4v) is 6.23. The monoisotopic (exact) mass is 519 g/mol. The van der Waals surface area contributed by atoms with Gasteiger partial charge in [0.2, 0.25) is 11.8 Å². The lowest BCUT2D eigenvalue weighted by Gasteiger charge is -2.31. The Balaban J connectivity index is 1.39. The second-order valence-corrected chi connectivity index (χ2v) is 10.4. The van der Waals surface area contributed by atoms with Crippen LogP contribution in [0.25, 0.3) is 6.08 Å². The molecule has 3 heterocycles. The molecule has 202 valence electrons. The van der Waals surface area contributed by atoms with Crippen molar-refractivity contribution in [1.29, 1.82) is 0 Å². The number of fused-ring (bicyclic) bond motifs is 3. The van der Waals surface area contributed by atoms with Gasteiger partial charge in [-0.3, -0.25) is 14.5 Å². The van der Waals surface area contributed by atoms with Gasteiger partial charge in [-0.1, -0.05) is 37.6 Å². The SMILES string of the molecule is CCCN1C(=O)[C@@H]2[C@@H](CC(COc3ccccc3)=C3[C@@H](CC/C(=C/c4ccc(CO)o4)CC)OC[C@@H]32)C1=O. The summed E-state index contributed by atoms with van der Waals surface area (Å²) in [6, 6.07) is 13.4. The predicted molar refractivity (Wildman–Crippen MR) is 143 cm³/mol. The number of carbonyl (C=O) groups is 2. The summed E-state index contributed by atoms with van der Waals surface area (Å²) in [5.74, 6) is 1.24. The van der Waals surface area contributed by atoms with E-state index in [2.05, 4.69) is 6.92 Å². The molecule has 38 heavy (non-hydrogen) atoms. The molecule has 2 aliphatic heterocycles. The minimum Gasteiger partial charge on any atom is -0.489 e. The number of amides is 2. The maximum absolute atomic E-state index is 13.4. The van der Waals surface area contributed by atoms with Gasteiger partial charge in [0.05, 0.1) is 24.5 Å². The first kappa shape index (κ1) is 26.4. The maximum Gasteiger partial charge on any atom is 0.233 e. The summed E-state index contributed by atoms with van der Waals surface area (Å²) in [6.07, 6.45) is 5.70. The Labute approximate surface area is 224 Å². The minimum atomic E-state index is -0.337. The summed E-state index contributed by atoms with van der Waals surface area (Å²) in [4.78, 5) is 28.1. The average molecular weight is 520 g/mol. The van der Waals surface area contributed by atoms with E-state index in [0.717, 1.165) is 48.3 Å². The summed E-state index contributed by atoms with van der Waals surface area (Å²) in [6.45, 7) is 5.32. The van der Waals surface area contributed by atoms with Crippen molar-refractivity contribution >= 4 is 17.9 Å². The van der Waals surface area contributed by atoms with Crippen molar-refractivity contribution in [2.75, 3.05) is 19.8 Å². The van der Waals surface area contributed by atoms with Crippen molar-refractivity contribution in [2.24, 2.45) is 17.8 Å². The number of hydrogen-bond donors (Lipinski definition) is 1. The van der Waals surface area contributed by atoms with Gasteiger partial charge in [0.15, 0.2) is 0 Å². The molecule has 0 radical (unpaired) electrons. The molecule has 1 aliphatic carbocycles. The molecule has 1 N–H and O–H groups in total. The molecule has 1 aromatic carbocycles. The first-order valence-electron chi connectivity index (χ1n) is 13.8. The number of ether oxygens (including phenoxy) is 2. The second-order valence-electron chi connectivity index (χ2n) is 10.4. The van der Waals surface area contributed by atoms with E-state index < -0.39 is 0 Å². The normalized spacial score (nSPS) is 25.2. The lowest BCUT2D eigenvalue weighted by Crippen LogP contribution is -2.35. The van der Waals surface area contributed by atoms with Crippen molar-refractivity contribution in [3.05, 3.63) is 70.7 Å². The topological polar surface area (TPSA) is 89.2 Å². The quantitative estimate of drug-likeness (QED) is 0.326. The lowest BCUT2D eigenvalue weighted by molar-refractivity contribution is -0.140. The highest BCUT2D eigenvalue weighted by molar-refractivity contribution is 6.05. The van der Waals surface area contributed by atoms with Crippen molar-refractivity contribution in [3.8, 4) is 5.75 Å². The summed E-state index contributed by atoms with van der Waals surface area (Å²) >= 11 is 0. The van der Waals surface area contributed by atoms with Crippen LogP contribution in [0.2, 0.25) is 0 Å². The first-order chi connectivity index (χ1) is 18.5. The number of hydrogen-bond acceptors (Lipinski definition) is 6. The van der Waals surface area contributed by atoms with Gasteiger partial charge in [0, 0.05) is 12.5 Å². The lowest BCUT2D eigenvalue weighted by atomic mass is 9.69. The highest BCUT2D eigenvalue weighted by atomic mass is 16.5. The van der Waals surface area contributed by atoms with E-state index in [0.29, 0.717) is 31.9 Å². The van der Waals surface area contributed by atoms with Crippen LogP contribution >= 0.6 is 0 Å². The van der Waals surface area contributed by atoms with Crippen LogP contribution in [0, 0.1) is 17.8 Å². The number of rotatable bonds is 11. The third kappa shape index (κ3) is 5.22. The summed E-state index contributed by atoms with van der Waals surface area (Å²) in [5.41, 5.74) is 3.49. The number of aliphatic hydroxyl groups excluding tert-OH is 1. The number of furan rings is 1. The number of carbonyl (C=O) groups excluding carboxylic acids is 2. The van der Waals surface area contributed by atoms with Gasteiger partial charge in [-0.05, 0) is 73.6 Å². The number of para-hydroxylation sites is 1. The molecule has 7 nitrogen and oxygen atoms in total. The summed E-state index contributed by atoms with van der Waals surface area (Å²) < 4.78 is 18.2. The van der Waals surface area contributed by atoms with Crippen molar-refractivity contribution < 1.29 is 28.6 Å². The molecular weight excluding hydrogens is 482 g/mol. The Hall–Kier alpha value is -3.16. The summed E-state index contributed by atoms with van der Waals surface area (Å²) in [5, 5.41) is 9.29. The van der Waals surface area contributed by atoms with Crippen LogP contribution in [-0.2, 0) is 20.9 Å². The van der Waals surface area contributed by atoms with E-state index in [1.807, 2.05) is 49.4 Å². The number of aliphatic hydroxyl groups is 1. The van der Waals surface area contributed by atoms with Crippen LogP contribution in [0.5, 0.6) is 5.75 Å². The van der Waals surface area contributed by atoms with Gasteiger partial charge in [-0.2, -0.15) is 0 Å². The third-order valence-electron chi connectivity index (χ3n) is 8.07. The maximum atomic E-state index is 13.4. The standard InChI is InChI=1S/C31H37NO6/c1-3-14-32-30(34)25-16-21(18-36-22-8-6-5-7-9-22)28-26(29(25)31(32)35)19-37-27(28)13-10-20(4-2)15-23-11-12-24(17-33)38-23/h5-9,11-12,15,25-27,29,33H,3-4,10,13-14,16-19H2,1-2H3/b20-15+/t25-,26+,27-,29-/m1/s1. The molecule has 0 spiro atoms. The molecule has 0 unspecified atom stereocenters. The van der Waals surface area contributed by atoms with E-state index in [1.54, 1.807) is 6.07 Å². The molecule has 3 aliphatic rings. The zero-order valence-corrected chi connectivity index (χ0v) is 22.2. The number of allylic oxidation sites excluding steroid dienone is 1. The van der Waals surface area contributed by atoms with E-state index >= 15 is 0 Å². The van der Waals surface area contributed by atoms with Gasteiger partial charge < -0.3 is 19.0 Å². The number of nitrogens with zero attached hydrogens (tertiary/aromatic N) is 1. The molecule has 2 amide bonds. The van der Waals surface area contributed by atoms with Gasteiger partial charge in [0.25, 0.3) is 0 Å². The smallest absolute Gasteiger partial charge is 0.233 e. The van der Waals surface area contributed by atoms with Crippen LogP contribution in [0.4, 0.5) is 0 Å². The van der Waals surface area contributed by atoms with Crippen molar-refractivity contribution in [2.45, 2.75) is 58.7 Å².